The molecule has 100 valence electrons. The fourth-order valence-electron chi connectivity index (χ4n) is 2.24. The van der Waals surface area contributed by atoms with Crippen LogP contribution in [0.5, 0.6) is 0 Å². The predicted molar refractivity (Wildman–Crippen MR) is 79.0 cm³/mol. The van der Waals surface area contributed by atoms with E-state index >= 15 is 0 Å². The minimum absolute atomic E-state index is 0.302. The van der Waals surface area contributed by atoms with Crippen molar-refractivity contribution in [2.75, 3.05) is 6.54 Å². The van der Waals surface area contributed by atoms with Gasteiger partial charge in [-0.1, -0.05) is 30.7 Å². The third kappa shape index (κ3) is 3.18. The molecule has 0 bridgehead atoms. The second-order valence-corrected chi connectivity index (χ2v) is 5.10. The van der Waals surface area contributed by atoms with E-state index in [-0.39, 0.29) is 0 Å². The van der Waals surface area contributed by atoms with Crippen molar-refractivity contribution >= 4 is 0 Å². The maximum Gasteiger partial charge on any atom is 0.131 e. The molecule has 0 aliphatic heterocycles. The van der Waals surface area contributed by atoms with Crippen LogP contribution in [0.15, 0.2) is 30.5 Å². The lowest BCUT2D eigenvalue weighted by atomic mass is 10.0. The Hall–Kier alpha value is -1.74. The average Bonchev–Trinajstić information content (AvgIpc) is 2.39. The number of nitrogens with two attached hydrogens (primary N) is 1. The largest absolute Gasteiger partial charge is 0.330 e. The number of rotatable bonds is 4. The van der Waals surface area contributed by atoms with Crippen LogP contribution >= 0.6 is 0 Å². The maximum absolute atomic E-state index is 5.60. The summed E-state index contributed by atoms with van der Waals surface area (Å²) in [5.41, 5.74) is 10.3. The molecule has 1 aromatic heterocycles. The molecule has 1 heterocycles. The third-order valence-corrected chi connectivity index (χ3v) is 3.37. The lowest BCUT2D eigenvalue weighted by Crippen LogP contribution is -2.08. The average molecular weight is 255 g/mol. The molecule has 2 aromatic rings. The Morgan fingerprint density at radius 2 is 2.00 bits per heavy atom. The van der Waals surface area contributed by atoms with E-state index in [4.69, 9.17) is 5.73 Å². The summed E-state index contributed by atoms with van der Waals surface area (Å²) in [5, 5.41) is 0. The van der Waals surface area contributed by atoms with Gasteiger partial charge in [0.15, 0.2) is 0 Å². The quantitative estimate of drug-likeness (QED) is 0.912. The van der Waals surface area contributed by atoms with E-state index < -0.39 is 0 Å². The molecule has 0 amide bonds. The minimum Gasteiger partial charge on any atom is -0.330 e. The van der Waals surface area contributed by atoms with Crippen LogP contribution in [0, 0.1) is 13.8 Å². The molecular formula is C16H21N3. The van der Waals surface area contributed by atoms with Gasteiger partial charge in [0.25, 0.3) is 0 Å². The van der Waals surface area contributed by atoms with Crippen molar-refractivity contribution in [1.82, 2.24) is 9.97 Å². The Balaban J connectivity index is 2.37. The molecule has 19 heavy (non-hydrogen) atoms. The number of aromatic nitrogens is 2. The predicted octanol–water partition coefficient (Wildman–Crippen LogP) is 3.21. The molecule has 3 nitrogen and oxygen atoms in total. The third-order valence-electron chi connectivity index (χ3n) is 3.37. The first-order valence-electron chi connectivity index (χ1n) is 6.72. The first kappa shape index (κ1) is 13.7. The monoisotopic (exact) mass is 255 g/mol. The first-order valence-corrected chi connectivity index (χ1v) is 6.72. The second kappa shape index (κ2) is 5.93. The summed E-state index contributed by atoms with van der Waals surface area (Å²) < 4.78 is 0. The van der Waals surface area contributed by atoms with Crippen molar-refractivity contribution in [2.45, 2.75) is 33.1 Å². The lowest BCUT2D eigenvalue weighted by molar-refractivity contribution is 0.647. The van der Waals surface area contributed by atoms with Crippen molar-refractivity contribution in [3.63, 3.8) is 0 Å². The molecule has 2 N–H and O–H groups in total. The van der Waals surface area contributed by atoms with Gasteiger partial charge in [-0.15, -0.1) is 0 Å². The highest BCUT2D eigenvalue weighted by Gasteiger charge is 2.10. The van der Waals surface area contributed by atoms with Crippen molar-refractivity contribution in [3.8, 4) is 11.3 Å². The second-order valence-electron chi connectivity index (χ2n) is 5.10. The van der Waals surface area contributed by atoms with Gasteiger partial charge in [0.2, 0.25) is 0 Å². The first-order chi connectivity index (χ1) is 9.11. The normalized spacial score (nSPS) is 12.4. The molecule has 0 aliphatic carbocycles. The summed E-state index contributed by atoms with van der Waals surface area (Å²) in [6.45, 7) is 7.01. The lowest BCUT2D eigenvalue weighted by Gasteiger charge is -2.11. The zero-order chi connectivity index (χ0) is 13.8. The molecular weight excluding hydrogens is 234 g/mol. The summed E-state index contributed by atoms with van der Waals surface area (Å²) in [7, 11) is 0. The van der Waals surface area contributed by atoms with Gasteiger partial charge in [-0.05, 0) is 38.4 Å². The molecule has 0 radical (unpaired) electrons. The molecule has 0 saturated heterocycles. The van der Waals surface area contributed by atoms with Crippen molar-refractivity contribution in [3.05, 3.63) is 47.4 Å². The van der Waals surface area contributed by atoms with E-state index in [1.54, 1.807) is 0 Å². The Morgan fingerprint density at radius 1 is 1.21 bits per heavy atom. The highest BCUT2D eigenvalue weighted by Crippen LogP contribution is 2.24. The summed E-state index contributed by atoms with van der Waals surface area (Å²) in [5.74, 6) is 1.18. The van der Waals surface area contributed by atoms with Gasteiger partial charge in [0, 0.05) is 17.7 Å². The fourth-order valence-corrected chi connectivity index (χ4v) is 2.24. The standard InChI is InChI=1S/C16H21N3/c1-11-4-5-14(13(3)10-11)15-7-9-18-16(19-15)12(2)6-8-17/h4-5,7,9-10,12H,6,8,17H2,1-3H3. The van der Waals surface area contributed by atoms with E-state index in [1.807, 2.05) is 12.3 Å². The van der Waals surface area contributed by atoms with Crippen molar-refractivity contribution < 1.29 is 0 Å². The SMILES string of the molecule is Cc1ccc(-c2ccnc(C(C)CCN)n2)c(C)c1. The van der Waals surface area contributed by atoms with Crippen molar-refractivity contribution in [2.24, 2.45) is 5.73 Å². The number of hydrogen-bond acceptors (Lipinski definition) is 3. The van der Waals surface area contributed by atoms with Crippen LogP contribution in [0.2, 0.25) is 0 Å². The van der Waals surface area contributed by atoms with Gasteiger partial charge in [-0.2, -0.15) is 0 Å². The molecule has 1 aromatic carbocycles. The van der Waals surface area contributed by atoms with E-state index in [0.29, 0.717) is 12.5 Å². The number of benzene rings is 1. The molecule has 2 rings (SSSR count). The number of nitrogens with zero attached hydrogens (tertiary/aromatic N) is 2. The summed E-state index contributed by atoms with van der Waals surface area (Å²) in [6, 6.07) is 8.40. The number of hydrogen-bond donors (Lipinski definition) is 1. The van der Waals surface area contributed by atoms with Crippen LogP contribution < -0.4 is 5.73 Å². The van der Waals surface area contributed by atoms with Gasteiger partial charge in [0.05, 0.1) is 5.69 Å². The Labute approximate surface area is 114 Å². The number of aryl methyl sites for hydroxylation is 2. The molecule has 3 heteroatoms. The topological polar surface area (TPSA) is 51.8 Å². The zero-order valence-corrected chi connectivity index (χ0v) is 11.9. The Morgan fingerprint density at radius 3 is 2.68 bits per heavy atom. The van der Waals surface area contributed by atoms with Gasteiger partial charge >= 0.3 is 0 Å². The van der Waals surface area contributed by atoms with E-state index in [9.17, 15) is 0 Å². The van der Waals surface area contributed by atoms with E-state index in [1.165, 1.54) is 16.7 Å². The summed E-state index contributed by atoms with van der Waals surface area (Å²) in [4.78, 5) is 9.05. The van der Waals surface area contributed by atoms with Crippen molar-refractivity contribution in [1.29, 1.82) is 0 Å². The molecule has 0 spiro atoms. The summed E-state index contributed by atoms with van der Waals surface area (Å²) in [6.07, 6.45) is 2.75. The Kier molecular flexibility index (Phi) is 4.27. The van der Waals surface area contributed by atoms with Crippen LogP contribution in [-0.4, -0.2) is 16.5 Å². The summed E-state index contributed by atoms with van der Waals surface area (Å²) >= 11 is 0. The molecule has 1 unspecified atom stereocenters. The van der Waals surface area contributed by atoms with Gasteiger partial charge < -0.3 is 5.73 Å². The zero-order valence-electron chi connectivity index (χ0n) is 11.9. The highest BCUT2D eigenvalue weighted by molar-refractivity contribution is 5.63. The Bertz CT molecular complexity index is 564. The van der Waals surface area contributed by atoms with Gasteiger partial charge in [0.1, 0.15) is 5.82 Å². The van der Waals surface area contributed by atoms with Gasteiger partial charge in [-0.3, -0.25) is 0 Å². The van der Waals surface area contributed by atoms with Crippen LogP contribution in [-0.2, 0) is 0 Å². The van der Waals surface area contributed by atoms with Crippen LogP contribution in [0.25, 0.3) is 11.3 Å². The molecule has 1 atom stereocenters. The van der Waals surface area contributed by atoms with Crippen LogP contribution in [0.4, 0.5) is 0 Å². The van der Waals surface area contributed by atoms with E-state index in [0.717, 1.165) is 17.9 Å². The minimum atomic E-state index is 0.302. The smallest absolute Gasteiger partial charge is 0.131 e. The van der Waals surface area contributed by atoms with Gasteiger partial charge in [-0.25, -0.2) is 9.97 Å². The molecule has 0 saturated carbocycles. The van der Waals surface area contributed by atoms with Crippen LogP contribution in [0.1, 0.15) is 36.2 Å². The fraction of sp³-hybridized carbons (Fsp3) is 0.375. The molecule has 0 aliphatic rings. The maximum atomic E-state index is 5.60. The van der Waals surface area contributed by atoms with E-state index in [2.05, 4.69) is 48.9 Å². The molecule has 0 fully saturated rings. The van der Waals surface area contributed by atoms with Crippen LogP contribution in [0.3, 0.4) is 0 Å². The highest BCUT2D eigenvalue weighted by atomic mass is 14.9.